The summed E-state index contributed by atoms with van der Waals surface area (Å²) in [4.78, 5) is 10.1. The summed E-state index contributed by atoms with van der Waals surface area (Å²) in [7, 11) is 1.25. The Bertz CT molecular complexity index is 121. The molecule has 0 aromatic carbocycles. The van der Waals surface area contributed by atoms with E-state index >= 15 is 0 Å². The summed E-state index contributed by atoms with van der Waals surface area (Å²) >= 11 is 0. The van der Waals surface area contributed by atoms with Crippen molar-refractivity contribution in [2.75, 3.05) is 7.05 Å². The maximum atomic E-state index is 10.1. The lowest BCUT2D eigenvalue weighted by Gasteiger charge is -2.12. The van der Waals surface area contributed by atoms with Crippen LogP contribution >= 0.6 is 0 Å². The molecule has 0 saturated heterocycles. The zero-order valence-corrected chi connectivity index (χ0v) is 5.11. The summed E-state index contributed by atoms with van der Waals surface area (Å²) in [5, 5.41) is 17.4. The van der Waals surface area contributed by atoms with Gasteiger partial charge in [-0.2, -0.15) is 5.06 Å². The number of carbonyl (C=O) groups is 1. The second-order valence-corrected chi connectivity index (χ2v) is 1.59. The molecule has 52 valence electrons. The average molecular weight is 131 g/mol. The number of hydroxylamine groups is 2. The van der Waals surface area contributed by atoms with Crippen molar-refractivity contribution in [2.24, 2.45) is 0 Å². The van der Waals surface area contributed by atoms with Gasteiger partial charge in [0.05, 0.1) is 0 Å². The second-order valence-electron chi connectivity index (χ2n) is 1.59. The highest BCUT2D eigenvalue weighted by Gasteiger charge is 2.15. The standard InChI is InChI=1S/C5H9NO3/c1-3-4(5(7)8)6(2)9/h3-4,9H,1H2,2H3,(H,7,8). The molecule has 2 N–H and O–H groups in total. The van der Waals surface area contributed by atoms with E-state index in [1.54, 1.807) is 0 Å². The number of carboxylic acid groups (broad SMARTS) is 1. The fourth-order valence-corrected chi connectivity index (χ4v) is 0.413. The molecule has 0 aromatic rings. The Balaban J connectivity index is 3.98. The smallest absolute Gasteiger partial charge is 0.327 e. The molecule has 0 amide bonds. The summed E-state index contributed by atoms with van der Waals surface area (Å²) in [6, 6.07) is -1.01. The molecule has 4 nitrogen and oxygen atoms in total. The molecular weight excluding hydrogens is 122 g/mol. The topological polar surface area (TPSA) is 60.8 Å². The molecular formula is C5H9NO3. The van der Waals surface area contributed by atoms with Crippen LogP contribution in [-0.4, -0.2) is 34.4 Å². The molecule has 0 aliphatic carbocycles. The number of rotatable bonds is 3. The highest BCUT2D eigenvalue weighted by atomic mass is 16.5. The van der Waals surface area contributed by atoms with Crippen molar-refractivity contribution in [1.29, 1.82) is 0 Å². The normalized spacial score (nSPS) is 13.2. The van der Waals surface area contributed by atoms with Crippen molar-refractivity contribution < 1.29 is 15.1 Å². The third-order valence-corrected chi connectivity index (χ3v) is 0.879. The molecule has 1 atom stereocenters. The lowest BCUT2D eigenvalue weighted by Crippen LogP contribution is -2.33. The zero-order chi connectivity index (χ0) is 7.44. The van der Waals surface area contributed by atoms with Crippen LogP contribution in [0.25, 0.3) is 0 Å². The van der Waals surface area contributed by atoms with E-state index in [9.17, 15) is 4.79 Å². The lowest BCUT2D eigenvalue weighted by molar-refractivity contribution is -0.157. The predicted molar refractivity (Wildman–Crippen MR) is 31.2 cm³/mol. The van der Waals surface area contributed by atoms with Gasteiger partial charge >= 0.3 is 5.97 Å². The fourth-order valence-electron chi connectivity index (χ4n) is 0.413. The molecule has 0 aromatic heterocycles. The Hall–Kier alpha value is -0.870. The molecule has 4 heteroatoms. The van der Waals surface area contributed by atoms with Crippen LogP contribution in [0.3, 0.4) is 0 Å². The van der Waals surface area contributed by atoms with E-state index in [0.29, 0.717) is 5.06 Å². The van der Waals surface area contributed by atoms with E-state index in [2.05, 4.69) is 6.58 Å². The maximum absolute atomic E-state index is 10.1. The van der Waals surface area contributed by atoms with Gasteiger partial charge < -0.3 is 10.3 Å². The number of likely N-dealkylation sites (N-methyl/N-ethyl adjacent to an activating group) is 1. The van der Waals surface area contributed by atoms with Crippen molar-refractivity contribution in [3.05, 3.63) is 12.7 Å². The van der Waals surface area contributed by atoms with E-state index in [1.807, 2.05) is 0 Å². The molecule has 0 heterocycles. The van der Waals surface area contributed by atoms with Gasteiger partial charge in [0.15, 0.2) is 0 Å². The Morgan fingerprint density at radius 2 is 2.33 bits per heavy atom. The first-order chi connectivity index (χ1) is 4.09. The third-order valence-electron chi connectivity index (χ3n) is 0.879. The Labute approximate surface area is 53.0 Å². The van der Waals surface area contributed by atoms with Crippen LogP contribution < -0.4 is 0 Å². The maximum Gasteiger partial charge on any atom is 0.327 e. The van der Waals surface area contributed by atoms with E-state index in [4.69, 9.17) is 10.3 Å². The highest BCUT2D eigenvalue weighted by Crippen LogP contribution is 1.92. The van der Waals surface area contributed by atoms with Crippen LogP contribution in [-0.2, 0) is 4.79 Å². The minimum absolute atomic E-state index is 0.579. The van der Waals surface area contributed by atoms with Gasteiger partial charge in [-0.05, 0) is 0 Å². The summed E-state index contributed by atoms with van der Waals surface area (Å²) in [6.07, 6.45) is 1.14. The monoisotopic (exact) mass is 131 g/mol. The van der Waals surface area contributed by atoms with Crippen molar-refractivity contribution in [2.45, 2.75) is 6.04 Å². The minimum Gasteiger partial charge on any atom is -0.480 e. The molecule has 0 bridgehead atoms. The fraction of sp³-hybridized carbons (Fsp3) is 0.400. The molecule has 0 fully saturated rings. The van der Waals surface area contributed by atoms with Gasteiger partial charge in [-0.3, -0.25) is 4.79 Å². The summed E-state index contributed by atoms with van der Waals surface area (Å²) < 4.78 is 0. The molecule has 0 rings (SSSR count). The van der Waals surface area contributed by atoms with Gasteiger partial charge in [-0.1, -0.05) is 6.08 Å². The first-order valence-corrected chi connectivity index (χ1v) is 2.36. The van der Waals surface area contributed by atoms with Crippen molar-refractivity contribution >= 4 is 5.97 Å². The Kier molecular flexibility index (Phi) is 2.90. The van der Waals surface area contributed by atoms with Crippen LogP contribution in [0.4, 0.5) is 0 Å². The van der Waals surface area contributed by atoms with E-state index < -0.39 is 12.0 Å². The van der Waals surface area contributed by atoms with Crippen LogP contribution in [0, 0.1) is 0 Å². The largest absolute Gasteiger partial charge is 0.480 e. The van der Waals surface area contributed by atoms with Gasteiger partial charge in [0.2, 0.25) is 0 Å². The molecule has 0 aliphatic rings. The highest BCUT2D eigenvalue weighted by molar-refractivity contribution is 5.75. The van der Waals surface area contributed by atoms with Gasteiger partial charge in [0.1, 0.15) is 6.04 Å². The molecule has 0 radical (unpaired) electrons. The van der Waals surface area contributed by atoms with E-state index in [0.717, 1.165) is 6.08 Å². The molecule has 0 spiro atoms. The quantitative estimate of drug-likeness (QED) is 0.416. The average Bonchev–Trinajstić information content (AvgIpc) is 1.64. The van der Waals surface area contributed by atoms with Crippen LogP contribution in [0.1, 0.15) is 0 Å². The molecule has 9 heavy (non-hydrogen) atoms. The van der Waals surface area contributed by atoms with Crippen molar-refractivity contribution in [3.63, 3.8) is 0 Å². The first kappa shape index (κ1) is 8.13. The molecule has 0 aliphatic heterocycles. The number of hydrogen-bond donors (Lipinski definition) is 2. The van der Waals surface area contributed by atoms with Gasteiger partial charge in [-0.15, -0.1) is 6.58 Å². The number of aliphatic carboxylic acids is 1. The summed E-state index contributed by atoms with van der Waals surface area (Å²) in [5.74, 6) is -1.12. The summed E-state index contributed by atoms with van der Waals surface area (Å²) in [5.41, 5.74) is 0. The first-order valence-electron chi connectivity index (χ1n) is 2.36. The van der Waals surface area contributed by atoms with Gasteiger partial charge in [0, 0.05) is 7.05 Å². The SMILES string of the molecule is C=CC(C(=O)O)N(C)O. The zero-order valence-electron chi connectivity index (χ0n) is 5.11. The summed E-state index contributed by atoms with van der Waals surface area (Å²) in [6.45, 7) is 3.22. The van der Waals surface area contributed by atoms with Crippen LogP contribution in [0.5, 0.6) is 0 Å². The Morgan fingerprint density at radius 3 is 2.33 bits per heavy atom. The molecule has 0 saturated carbocycles. The van der Waals surface area contributed by atoms with Gasteiger partial charge in [-0.25, -0.2) is 0 Å². The lowest BCUT2D eigenvalue weighted by atomic mass is 10.3. The number of carboxylic acids is 1. The van der Waals surface area contributed by atoms with Crippen molar-refractivity contribution in [3.8, 4) is 0 Å². The predicted octanol–water partition coefficient (Wildman–Crippen LogP) is -0.0534. The van der Waals surface area contributed by atoms with E-state index in [-0.39, 0.29) is 0 Å². The minimum atomic E-state index is -1.12. The number of nitrogens with zero attached hydrogens (tertiary/aromatic N) is 1. The molecule has 1 unspecified atom stereocenters. The Morgan fingerprint density at radius 1 is 1.89 bits per heavy atom. The van der Waals surface area contributed by atoms with Gasteiger partial charge in [0.25, 0.3) is 0 Å². The second kappa shape index (κ2) is 3.21. The van der Waals surface area contributed by atoms with Crippen LogP contribution in [0.2, 0.25) is 0 Å². The van der Waals surface area contributed by atoms with Crippen LogP contribution in [0.15, 0.2) is 12.7 Å². The van der Waals surface area contributed by atoms with E-state index in [1.165, 1.54) is 7.05 Å². The van der Waals surface area contributed by atoms with Crippen molar-refractivity contribution in [1.82, 2.24) is 5.06 Å². The number of hydrogen-bond acceptors (Lipinski definition) is 3. The third kappa shape index (κ3) is 2.25.